The van der Waals surface area contributed by atoms with Crippen LogP contribution in [0.3, 0.4) is 0 Å². The van der Waals surface area contributed by atoms with Crippen LogP contribution in [0.1, 0.15) is 0 Å². The number of aromatic nitrogens is 2. The molecule has 0 atom stereocenters. The first-order chi connectivity index (χ1) is 13.3. The van der Waals surface area contributed by atoms with Gasteiger partial charge in [-0.05, 0) is 12.1 Å². The summed E-state index contributed by atoms with van der Waals surface area (Å²) in [6, 6.07) is 7.99. The standard InChI is InChI=1S/C19H21N5O3/c25-19(24-9-11-26-12-10-24)23-7-5-22(6-8-23)18-17-16(20-13-21-18)14-3-1-2-4-15(14)27-17/h1-4,13H,5-12H2. The van der Waals surface area contributed by atoms with Crippen LogP contribution in [0.2, 0.25) is 0 Å². The van der Waals surface area contributed by atoms with Gasteiger partial charge in [-0.15, -0.1) is 0 Å². The lowest BCUT2D eigenvalue weighted by atomic mass is 10.2. The highest BCUT2D eigenvalue weighted by molar-refractivity contribution is 6.05. The summed E-state index contributed by atoms with van der Waals surface area (Å²) in [6.45, 7) is 5.37. The van der Waals surface area contributed by atoms with E-state index >= 15 is 0 Å². The number of rotatable bonds is 1. The van der Waals surface area contributed by atoms with E-state index in [1.54, 1.807) is 6.33 Å². The average Bonchev–Trinajstić information content (AvgIpc) is 3.13. The lowest BCUT2D eigenvalue weighted by Gasteiger charge is -2.38. The summed E-state index contributed by atoms with van der Waals surface area (Å²) in [5, 5.41) is 0.997. The van der Waals surface area contributed by atoms with Crippen molar-refractivity contribution in [3.8, 4) is 0 Å². The molecule has 0 spiro atoms. The van der Waals surface area contributed by atoms with Gasteiger partial charge in [0, 0.05) is 44.7 Å². The molecule has 140 valence electrons. The fraction of sp³-hybridized carbons (Fsp3) is 0.421. The molecule has 2 aromatic heterocycles. The number of morpholine rings is 1. The third-order valence-corrected chi connectivity index (χ3v) is 5.27. The van der Waals surface area contributed by atoms with Crippen LogP contribution in [0.15, 0.2) is 35.0 Å². The van der Waals surface area contributed by atoms with Crippen LogP contribution in [0.25, 0.3) is 22.1 Å². The third-order valence-electron chi connectivity index (χ3n) is 5.27. The van der Waals surface area contributed by atoms with E-state index in [-0.39, 0.29) is 6.03 Å². The van der Waals surface area contributed by atoms with Crippen molar-refractivity contribution in [2.45, 2.75) is 0 Å². The number of urea groups is 1. The SMILES string of the molecule is O=C(N1CCOCC1)N1CCN(c2ncnc3c2oc2ccccc23)CC1. The molecule has 0 unspecified atom stereocenters. The Morgan fingerprint density at radius 3 is 2.48 bits per heavy atom. The average molecular weight is 367 g/mol. The fourth-order valence-electron chi connectivity index (χ4n) is 3.80. The molecule has 8 heteroatoms. The van der Waals surface area contributed by atoms with Crippen molar-refractivity contribution in [3.05, 3.63) is 30.6 Å². The summed E-state index contributed by atoms with van der Waals surface area (Å²) in [4.78, 5) is 27.5. The smallest absolute Gasteiger partial charge is 0.320 e. The molecule has 1 aromatic carbocycles. The lowest BCUT2D eigenvalue weighted by Crippen LogP contribution is -2.55. The van der Waals surface area contributed by atoms with Crippen molar-refractivity contribution in [2.75, 3.05) is 57.4 Å². The Hall–Kier alpha value is -2.87. The Kier molecular flexibility index (Phi) is 4.05. The minimum Gasteiger partial charge on any atom is -0.450 e. The summed E-state index contributed by atoms with van der Waals surface area (Å²) in [5.74, 6) is 0.801. The molecule has 0 N–H and O–H groups in total. The second-order valence-electron chi connectivity index (χ2n) is 6.83. The number of fused-ring (bicyclic) bond motifs is 3. The molecule has 2 amide bonds. The Morgan fingerprint density at radius 1 is 0.926 bits per heavy atom. The number of amides is 2. The zero-order valence-corrected chi connectivity index (χ0v) is 15.0. The zero-order chi connectivity index (χ0) is 18.2. The van der Waals surface area contributed by atoms with E-state index in [1.165, 1.54) is 0 Å². The van der Waals surface area contributed by atoms with Crippen molar-refractivity contribution in [1.82, 2.24) is 19.8 Å². The maximum Gasteiger partial charge on any atom is 0.320 e. The van der Waals surface area contributed by atoms with Gasteiger partial charge in [0.1, 0.15) is 17.4 Å². The van der Waals surface area contributed by atoms with Gasteiger partial charge in [-0.1, -0.05) is 12.1 Å². The number of hydrogen-bond donors (Lipinski definition) is 0. The Bertz CT molecular complexity index is 974. The minimum atomic E-state index is 0.106. The van der Waals surface area contributed by atoms with Gasteiger partial charge >= 0.3 is 6.03 Å². The number of ether oxygens (including phenoxy) is 1. The highest BCUT2D eigenvalue weighted by Gasteiger charge is 2.28. The number of hydrogen-bond acceptors (Lipinski definition) is 6. The van der Waals surface area contributed by atoms with E-state index in [2.05, 4.69) is 14.9 Å². The molecule has 0 bridgehead atoms. The van der Waals surface area contributed by atoms with Gasteiger partial charge in [-0.25, -0.2) is 14.8 Å². The number of piperazine rings is 1. The van der Waals surface area contributed by atoms with E-state index in [4.69, 9.17) is 9.15 Å². The van der Waals surface area contributed by atoms with Crippen LogP contribution in [0.5, 0.6) is 0 Å². The molecule has 2 aliphatic rings. The molecule has 0 saturated carbocycles. The van der Waals surface area contributed by atoms with Crippen LogP contribution < -0.4 is 4.90 Å². The number of para-hydroxylation sites is 1. The van der Waals surface area contributed by atoms with E-state index in [0.717, 1.165) is 35.4 Å². The zero-order valence-electron chi connectivity index (χ0n) is 15.0. The Balaban J connectivity index is 1.36. The fourth-order valence-corrected chi connectivity index (χ4v) is 3.80. The Labute approximate surface area is 156 Å². The first kappa shape index (κ1) is 16.3. The number of benzene rings is 1. The molecule has 2 aliphatic heterocycles. The van der Waals surface area contributed by atoms with Crippen LogP contribution in [0, 0.1) is 0 Å². The van der Waals surface area contributed by atoms with Crippen LogP contribution >= 0.6 is 0 Å². The monoisotopic (exact) mass is 367 g/mol. The predicted octanol–water partition coefficient (Wildman–Crippen LogP) is 1.95. The highest BCUT2D eigenvalue weighted by Crippen LogP contribution is 2.32. The topological polar surface area (TPSA) is 74.9 Å². The molecule has 2 saturated heterocycles. The minimum absolute atomic E-state index is 0.106. The van der Waals surface area contributed by atoms with Crippen molar-refractivity contribution in [1.29, 1.82) is 0 Å². The van der Waals surface area contributed by atoms with Crippen molar-refractivity contribution >= 4 is 33.9 Å². The quantitative estimate of drug-likeness (QED) is 0.654. The van der Waals surface area contributed by atoms with Crippen molar-refractivity contribution < 1.29 is 13.9 Å². The number of carbonyl (C=O) groups excluding carboxylic acids is 1. The summed E-state index contributed by atoms with van der Waals surface area (Å²) in [5.41, 5.74) is 2.37. The molecular formula is C19H21N5O3. The largest absolute Gasteiger partial charge is 0.450 e. The van der Waals surface area contributed by atoms with E-state index < -0.39 is 0 Å². The predicted molar refractivity (Wildman–Crippen MR) is 101 cm³/mol. The van der Waals surface area contributed by atoms with Crippen LogP contribution in [-0.4, -0.2) is 78.3 Å². The first-order valence-corrected chi connectivity index (χ1v) is 9.30. The van der Waals surface area contributed by atoms with Gasteiger partial charge in [0.2, 0.25) is 0 Å². The van der Waals surface area contributed by atoms with Gasteiger partial charge < -0.3 is 23.9 Å². The number of carbonyl (C=O) groups is 1. The number of anilines is 1. The molecule has 0 radical (unpaired) electrons. The van der Waals surface area contributed by atoms with E-state index in [0.29, 0.717) is 45.0 Å². The molecule has 27 heavy (non-hydrogen) atoms. The van der Waals surface area contributed by atoms with Gasteiger partial charge in [-0.3, -0.25) is 0 Å². The second kappa shape index (κ2) is 6.70. The van der Waals surface area contributed by atoms with Crippen molar-refractivity contribution in [3.63, 3.8) is 0 Å². The van der Waals surface area contributed by atoms with Crippen molar-refractivity contribution in [2.24, 2.45) is 0 Å². The molecule has 5 rings (SSSR count). The van der Waals surface area contributed by atoms with Gasteiger partial charge in [0.15, 0.2) is 11.4 Å². The molecule has 2 fully saturated rings. The molecule has 8 nitrogen and oxygen atoms in total. The van der Waals surface area contributed by atoms with Gasteiger partial charge in [-0.2, -0.15) is 0 Å². The molecule has 0 aliphatic carbocycles. The Morgan fingerprint density at radius 2 is 1.67 bits per heavy atom. The summed E-state index contributed by atoms with van der Waals surface area (Å²) in [7, 11) is 0. The normalized spacial score (nSPS) is 18.4. The van der Waals surface area contributed by atoms with Gasteiger partial charge in [0.25, 0.3) is 0 Å². The summed E-state index contributed by atoms with van der Waals surface area (Å²) < 4.78 is 11.4. The molecule has 4 heterocycles. The van der Waals surface area contributed by atoms with Gasteiger partial charge in [0.05, 0.1) is 13.2 Å². The summed E-state index contributed by atoms with van der Waals surface area (Å²) >= 11 is 0. The van der Waals surface area contributed by atoms with E-state index in [9.17, 15) is 4.79 Å². The van der Waals surface area contributed by atoms with E-state index in [1.807, 2.05) is 34.1 Å². The lowest BCUT2D eigenvalue weighted by molar-refractivity contribution is 0.0428. The molecule has 3 aromatic rings. The van der Waals surface area contributed by atoms with Crippen LogP contribution in [0.4, 0.5) is 10.6 Å². The third kappa shape index (κ3) is 2.86. The second-order valence-corrected chi connectivity index (χ2v) is 6.83. The maximum atomic E-state index is 12.7. The molecular weight excluding hydrogens is 346 g/mol. The van der Waals surface area contributed by atoms with Crippen LogP contribution in [-0.2, 0) is 4.74 Å². The number of furan rings is 1. The summed E-state index contributed by atoms with van der Waals surface area (Å²) in [6.07, 6.45) is 1.59. The first-order valence-electron chi connectivity index (χ1n) is 9.30. The maximum absolute atomic E-state index is 12.7. The highest BCUT2D eigenvalue weighted by atomic mass is 16.5. The number of nitrogens with zero attached hydrogens (tertiary/aromatic N) is 5.